The van der Waals surface area contributed by atoms with Gasteiger partial charge < -0.3 is 10.5 Å². The van der Waals surface area contributed by atoms with Gasteiger partial charge in [0.25, 0.3) is 0 Å². The molecule has 3 heteroatoms. The van der Waals surface area contributed by atoms with Crippen LogP contribution >= 0.6 is 0 Å². The van der Waals surface area contributed by atoms with E-state index in [-0.39, 0.29) is 5.92 Å². The van der Waals surface area contributed by atoms with Crippen molar-refractivity contribution in [1.82, 2.24) is 4.98 Å². The fraction of sp³-hybridized carbons (Fsp3) is 0.400. The molecule has 18 heavy (non-hydrogen) atoms. The number of nitrogens with two attached hydrogens (primary N) is 1. The van der Waals surface area contributed by atoms with Gasteiger partial charge in [-0.15, -0.1) is 0 Å². The Morgan fingerprint density at radius 1 is 1.22 bits per heavy atom. The van der Waals surface area contributed by atoms with E-state index in [1.54, 1.807) is 7.11 Å². The van der Waals surface area contributed by atoms with Crippen LogP contribution in [0.5, 0.6) is 5.75 Å². The number of benzene rings is 1. The van der Waals surface area contributed by atoms with Gasteiger partial charge in [0.1, 0.15) is 5.75 Å². The van der Waals surface area contributed by atoms with E-state index in [2.05, 4.69) is 26.8 Å². The first-order valence-electron chi connectivity index (χ1n) is 6.22. The maximum absolute atomic E-state index is 5.74. The molecule has 1 aromatic heterocycles. The first-order valence-corrected chi connectivity index (χ1v) is 6.22. The molecular formula is C15H20N2O. The van der Waals surface area contributed by atoms with Gasteiger partial charge in [0.15, 0.2) is 0 Å². The SMILES string of the molecule is COc1cc(C)c2nc(C(C)CN)c(C)cc2c1. The van der Waals surface area contributed by atoms with Crippen molar-refractivity contribution < 1.29 is 4.74 Å². The van der Waals surface area contributed by atoms with Crippen molar-refractivity contribution in [3.63, 3.8) is 0 Å². The zero-order valence-corrected chi connectivity index (χ0v) is 11.4. The molecule has 0 aliphatic rings. The number of fused-ring (bicyclic) bond motifs is 1. The molecule has 1 atom stereocenters. The smallest absolute Gasteiger partial charge is 0.119 e. The molecule has 0 aliphatic heterocycles. The van der Waals surface area contributed by atoms with Crippen molar-refractivity contribution in [2.75, 3.05) is 13.7 Å². The monoisotopic (exact) mass is 244 g/mol. The Morgan fingerprint density at radius 3 is 2.56 bits per heavy atom. The highest BCUT2D eigenvalue weighted by molar-refractivity contribution is 5.84. The first kappa shape index (κ1) is 12.8. The van der Waals surface area contributed by atoms with E-state index in [1.807, 2.05) is 12.1 Å². The average molecular weight is 244 g/mol. The fourth-order valence-corrected chi connectivity index (χ4v) is 2.28. The summed E-state index contributed by atoms with van der Waals surface area (Å²) in [6, 6.07) is 6.21. The summed E-state index contributed by atoms with van der Waals surface area (Å²) in [5.74, 6) is 1.16. The van der Waals surface area contributed by atoms with Crippen molar-refractivity contribution in [3.05, 3.63) is 35.0 Å². The van der Waals surface area contributed by atoms with E-state index in [1.165, 1.54) is 5.56 Å². The molecule has 0 saturated carbocycles. The highest BCUT2D eigenvalue weighted by atomic mass is 16.5. The third kappa shape index (κ3) is 2.18. The topological polar surface area (TPSA) is 48.1 Å². The average Bonchev–Trinajstić information content (AvgIpc) is 2.36. The van der Waals surface area contributed by atoms with Gasteiger partial charge >= 0.3 is 0 Å². The van der Waals surface area contributed by atoms with Gasteiger partial charge in [0.2, 0.25) is 0 Å². The summed E-state index contributed by atoms with van der Waals surface area (Å²) >= 11 is 0. The summed E-state index contributed by atoms with van der Waals surface area (Å²) in [5.41, 5.74) is 10.2. The summed E-state index contributed by atoms with van der Waals surface area (Å²) < 4.78 is 5.29. The highest BCUT2D eigenvalue weighted by Crippen LogP contribution is 2.27. The van der Waals surface area contributed by atoms with Crippen molar-refractivity contribution in [2.24, 2.45) is 5.73 Å². The molecule has 1 heterocycles. The molecule has 2 N–H and O–H groups in total. The van der Waals surface area contributed by atoms with Crippen LogP contribution in [0.25, 0.3) is 10.9 Å². The van der Waals surface area contributed by atoms with Gasteiger partial charge in [0, 0.05) is 23.5 Å². The number of nitrogens with zero attached hydrogens (tertiary/aromatic N) is 1. The highest BCUT2D eigenvalue weighted by Gasteiger charge is 2.12. The Bertz CT molecular complexity index is 578. The molecule has 3 nitrogen and oxygen atoms in total. The minimum absolute atomic E-state index is 0.288. The first-order chi connectivity index (χ1) is 8.56. The van der Waals surface area contributed by atoms with Crippen LogP contribution in [0, 0.1) is 13.8 Å². The number of hydrogen-bond acceptors (Lipinski definition) is 3. The normalized spacial score (nSPS) is 12.7. The summed E-state index contributed by atoms with van der Waals surface area (Å²) in [4.78, 5) is 4.78. The number of methoxy groups -OCH3 is 1. The molecule has 0 bridgehead atoms. The van der Waals surface area contributed by atoms with Gasteiger partial charge in [-0.3, -0.25) is 4.98 Å². The van der Waals surface area contributed by atoms with E-state index >= 15 is 0 Å². The molecule has 1 unspecified atom stereocenters. The van der Waals surface area contributed by atoms with Gasteiger partial charge in [-0.2, -0.15) is 0 Å². The lowest BCUT2D eigenvalue weighted by Gasteiger charge is -2.14. The van der Waals surface area contributed by atoms with Crippen LogP contribution in [0.15, 0.2) is 18.2 Å². The lowest BCUT2D eigenvalue weighted by molar-refractivity contribution is 0.415. The standard InChI is InChI=1S/C15H20N2O/c1-9-5-12-7-13(18-4)6-10(2)15(12)17-14(9)11(3)8-16/h5-7,11H,8,16H2,1-4H3. The maximum atomic E-state index is 5.74. The van der Waals surface area contributed by atoms with Gasteiger partial charge in [0.05, 0.1) is 12.6 Å². The lowest BCUT2D eigenvalue weighted by atomic mass is 10.00. The zero-order valence-electron chi connectivity index (χ0n) is 11.4. The number of hydrogen-bond donors (Lipinski definition) is 1. The van der Waals surface area contributed by atoms with E-state index in [0.717, 1.165) is 27.9 Å². The molecule has 0 aliphatic carbocycles. The minimum Gasteiger partial charge on any atom is -0.497 e. The van der Waals surface area contributed by atoms with E-state index in [0.29, 0.717) is 6.54 Å². The molecule has 0 spiro atoms. The van der Waals surface area contributed by atoms with Crippen LogP contribution in [0.4, 0.5) is 0 Å². The van der Waals surface area contributed by atoms with Crippen LogP contribution in [0.1, 0.15) is 29.7 Å². The number of aromatic nitrogens is 1. The Hall–Kier alpha value is -1.61. The largest absolute Gasteiger partial charge is 0.497 e. The molecule has 0 fully saturated rings. The van der Waals surface area contributed by atoms with Gasteiger partial charge in [-0.1, -0.05) is 6.92 Å². The molecule has 2 aromatic rings. The second-order valence-corrected chi connectivity index (χ2v) is 4.84. The molecule has 0 amide bonds. The minimum atomic E-state index is 0.288. The third-order valence-electron chi connectivity index (χ3n) is 3.37. The number of ether oxygens (including phenoxy) is 1. The van der Waals surface area contributed by atoms with Gasteiger partial charge in [-0.05, 0) is 43.2 Å². The van der Waals surface area contributed by atoms with Crippen molar-refractivity contribution in [1.29, 1.82) is 0 Å². The molecular weight excluding hydrogens is 224 g/mol. The third-order valence-corrected chi connectivity index (χ3v) is 3.37. The van der Waals surface area contributed by atoms with Crippen molar-refractivity contribution >= 4 is 10.9 Å². The summed E-state index contributed by atoms with van der Waals surface area (Å²) in [7, 11) is 1.69. The summed E-state index contributed by atoms with van der Waals surface area (Å²) in [6.07, 6.45) is 0. The van der Waals surface area contributed by atoms with Crippen LogP contribution in [-0.4, -0.2) is 18.6 Å². The Balaban J connectivity index is 2.68. The Kier molecular flexibility index (Phi) is 3.53. The Morgan fingerprint density at radius 2 is 1.94 bits per heavy atom. The van der Waals surface area contributed by atoms with Crippen LogP contribution in [-0.2, 0) is 0 Å². The van der Waals surface area contributed by atoms with E-state index < -0.39 is 0 Å². The summed E-state index contributed by atoms with van der Waals surface area (Å²) in [6.45, 7) is 6.88. The molecule has 2 rings (SSSR count). The lowest BCUT2D eigenvalue weighted by Crippen LogP contribution is -2.12. The predicted molar refractivity (Wildman–Crippen MR) is 75.2 cm³/mol. The Labute approximate surface area is 108 Å². The fourth-order valence-electron chi connectivity index (χ4n) is 2.28. The molecule has 0 saturated heterocycles. The second kappa shape index (κ2) is 4.94. The molecule has 96 valence electrons. The van der Waals surface area contributed by atoms with Crippen LogP contribution in [0.2, 0.25) is 0 Å². The van der Waals surface area contributed by atoms with E-state index in [4.69, 9.17) is 15.5 Å². The van der Waals surface area contributed by atoms with Crippen molar-refractivity contribution in [3.8, 4) is 5.75 Å². The predicted octanol–water partition coefficient (Wildman–Crippen LogP) is 2.92. The quantitative estimate of drug-likeness (QED) is 0.903. The zero-order chi connectivity index (χ0) is 13.3. The number of pyridine rings is 1. The van der Waals surface area contributed by atoms with Crippen LogP contribution < -0.4 is 10.5 Å². The summed E-state index contributed by atoms with van der Waals surface area (Å²) in [5, 5.41) is 1.12. The second-order valence-electron chi connectivity index (χ2n) is 4.84. The molecule has 1 aromatic carbocycles. The van der Waals surface area contributed by atoms with Gasteiger partial charge in [-0.25, -0.2) is 0 Å². The van der Waals surface area contributed by atoms with Crippen LogP contribution in [0.3, 0.4) is 0 Å². The number of aryl methyl sites for hydroxylation is 2. The molecule has 0 radical (unpaired) electrons. The van der Waals surface area contributed by atoms with E-state index in [9.17, 15) is 0 Å². The van der Waals surface area contributed by atoms with Crippen molar-refractivity contribution in [2.45, 2.75) is 26.7 Å². The maximum Gasteiger partial charge on any atom is 0.119 e. The number of rotatable bonds is 3.